The molecule has 0 aliphatic carbocycles. The maximum absolute atomic E-state index is 11.6. The summed E-state index contributed by atoms with van der Waals surface area (Å²) in [6, 6.07) is 0. The predicted molar refractivity (Wildman–Crippen MR) is 66.9 cm³/mol. The van der Waals surface area contributed by atoms with Crippen molar-refractivity contribution >= 4 is 18.3 Å². The Morgan fingerprint density at radius 3 is 2.38 bits per heavy atom. The number of ether oxygens (including phenoxy) is 1. The summed E-state index contributed by atoms with van der Waals surface area (Å²) in [6.07, 6.45) is 0.233. The number of nitrogens with zero attached hydrogens (tertiary/aromatic N) is 1. The van der Waals surface area contributed by atoms with Crippen LogP contribution >= 0.6 is 12.4 Å². The molecule has 0 unspecified atom stereocenters. The number of amides is 1. The van der Waals surface area contributed by atoms with Crippen molar-refractivity contribution < 1.29 is 9.53 Å². The first-order valence-corrected chi connectivity index (χ1v) is 5.45. The van der Waals surface area contributed by atoms with Crippen LogP contribution in [0.25, 0.3) is 0 Å². The number of hydrogen-bond acceptors (Lipinski definition) is 3. The average molecular weight is 251 g/mol. The van der Waals surface area contributed by atoms with Crippen molar-refractivity contribution in [1.29, 1.82) is 0 Å². The molecule has 1 saturated heterocycles. The molecule has 0 bridgehead atoms. The van der Waals surface area contributed by atoms with Gasteiger partial charge in [-0.3, -0.25) is 4.79 Å². The van der Waals surface area contributed by atoms with Gasteiger partial charge < -0.3 is 15.0 Å². The Hall–Kier alpha value is -0.320. The summed E-state index contributed by atoms with van der Waals surface area (Å²) in [5.41, 5.74) is 0.141. The topological polar surface area (TPSA) is 41.6 Å². The lowest BCUT2D eigenvalue weighted by atomic mass is 9.96. The molecule has 16 heavy (non-hydrogen) atoms. The van der Waals surface area contributed by atoms with Gasteiger partial charge in [0.05, 0.1) is 6.10 Å². The van der Waals surface area contributed by atoms with E-state index in [0.29, 0.717) is 0 Å². The van der Waals surface area contributed by atoms with Crippen LogP contribution in [-0.4, -0.2) is 50.2 Å². The number of carbonyl (C=O) groups excluding carboxylic acids is 1. The van der Waals surface area contributed by atoms with Crippen LogP contribution in [0.5, 0.6) is 0 Å². The number of nitrogens with one attached hydrogen (secondary N) is 1. The van der Waals surface area contributed by atoms with E-state index in [-0.39, 0.29) is 36.4 Å². The van der Waals surface area contributed by atoms with Crippen LogP contribution in [0, 0.1) is 5.41 Å². The third-order valence-electron chi connectivity index (χ3n) is 2.32. The minimum Gasteiger partial charge on any atom is -0.366 e. The molecular weight excluding hydrogens is 228 g/mol. The second-order valence-corrected chi connectivity index (χ2v) is 5.40. The highest BCUT2D eigenvalue weighted by Gasteiger charge is 2.21. The molecule has 0 aromatic rings. The second-order valence-electron chi connectivity index (χ2n) is 5.40. The third-order valence-corrected chi connectivity index (χ3v) is 2.32. The van der Waals surface area contributed by atoms with E-state index in [1.165, 1.54) is 0 Å². The summed E-state index contributed by atoms with van der Waals surface area (Å²) >= 11 is 0. The zero-order valence-corrected chi connectivity index (χ0v) is 11.4. The van der Waals surface area contributed by atoms with E-state index >= 15 is 0 Å². The lowest BCUT2D eigenvalue weighted by molar-refractivity contribution is -0.139. The van der Waals surface area contributed by atoms with Gasteiger partial charge in [0, 0.05) is 26.7 Å². The molecule has 1 heterocycles. The van der Waals surface area contributed by atoms with Crippen LogP contribution in [0.15, 0.2) is 0 Å². The fraction of sp³-hybridized carbons (Fsp3) is 0.909. The molecule has 1 amide bonds. The molecule has 1 aliphatic rings. The fourth-order valence-electron chi connectivity index (χ4n) is 1.48. The second kappa shape index (κ2) is 6.42. The van der Waals surface area contributed by atoms with Crippen molar-refractivity contribution in [3.63, 3.8) is 0 Å². The maximum Gasteiger partial charge on any atom is 0.248 e. The van der Waals surface area contributed by atoms with E-state index in [4.69, 9.17) is 4.74 Å². The minimum atomic E-state index is 0. The molecule has 1 N–H and O–H groups in total. The van der Waals surface area contributed by atoms with Crippen LogP contribution in [-0.2, 0) is 9.53 Å². The SMILES string of the molecule is CN(CC(C)(C)C)C(=O)COC1CNC1.Cl. The molecule has 1 rings (SSSR count). The fourth-order valence-corrected chi connectivity index (χ4v) is 1.48. The van der Waals surface area contributed by atoms with Crippen LogP contribution in [0.2, 0.25) is 0 Å². The number of likely N-dealkylation sites (N-methyl/N-ethyl adjacent to an activating group) is 1. The molecule has 4 nitrogen and oxygen atoms in total. The predicted octanol–water partition coefficient (Wildman–Crippen LogP) is 0.901. The summed E-state index contributed by atoms with van der Waals surface area (Å²) in [7, 11) is 1.83. The summed E-state index contributed by atoms with van der Waals surface area (Å²) < 4.78 is 5.42. The van der Waals surface area contributed by atoms with Gasteiger partial charge in [0.25, 0.3) is 0 Å². The Kier molecular flexibility index (Phi) is 6.30. The van der Waals surface area contributed by atoms with Crippen LogP contribution in [0.4, 0.5) is 0 Å². The highest BCUT2D eigenvalue weighted by atomic mass is 35.5. The van der Waals surface area contributed by atoms with Gasteiger partial charge in [0.1, 0.15) is 6.61 Å². The van der Waals surface area contributed by atoms with E-state index < -0.39 is 0 Å². The minimum absolute atomic E-state index is 0. The quantitative estimate of drug-likeness (QED) is 0.806. The monoisotopic (exact) mass is 250 g/mol. The largest absolute Gasteiger partial charge is 0.366 e. The highest BCUT2D eigenvalue weighted by molar-refractivity contribution is 5.85. The zero-order valence-electron chi connectivity index (χ0n) is 10.6. The van der Waals surface area contributed by atoms with Gasteiger partial charge in [-0.05, 0) is 5.41 Å². The lowest BCUT2D eigenvalue weighted by Gasteiger charge is -2.29. The van der Waals surface area contributed by atoms with Gasteiger partial charge in [0.15, 0.2) is 0 Å². The smallest absolute Gasteiger partial charge is 0.248 e. The summed E-state index contributed by atoms with van der Waals surface area (Å²) in [4.78, 5) is 13.4. The Balaban J connectivity index is 0.00000225. The number of halogens is 1. The van der Waals surface area contributed by atoms with Crippen molar-refractivity contribution in [1.82, 2.24) is 10.2 Å². The van der Waals surface area contributed by atoms with Gasteiger partial charge in [0.2, 0.25) is 5.91 Å². The molecule has 0 aromatic carbocycles. The Morgan fingerprint density at radius 2 is 2.00 bits per heavy atom. The summed E-state index contributed by atoms with van der Waals surface area (Å²) in [5.74, 6) is 0.0665. The van der Waals surface area contributed by atoms with E-state index in [9.17, 15) is 4.79 Å². The van der Waals surface area contributed by atoms with Gasteiger partial charge in [-0.15, -0.1) is 12.4 Å². The van der Waals surface area contributed by atoms with E-state index in [1.54, 1.807) is 4.90 Å². The molecule has 0 radical (unpaired) electrons. The van der Waals surface area contributed by atoms with Gasteiger partial charge in [-0.25, -0.2) is 0 Å². The van der Waals surface area contributed by atoms with Gasteiger partial charge >= 0.3 is 0 Å². The number of hydrogen-bond donors (Lipinski definition) is 1. The van der Waals surface area contributed by atoms with Crippen molar-refractivity contribution in [2.24, 2.45) is 5.41 Å². The van der Waals surface area contributed by atoms with Crippen LogP contribution < -0.4 is 5.32 Å². The van der Waals surface area contributed by atoms with E-state index in [0.717, 1.165) is 19.6 Å². The normalized spacial score (nSPS) is 16.2. The average Bonchev–Trinajstić information content (AvgIpc) is 1.97. The summed E-state index contributed by atoms with van der Waals surface area (Å²) in [5, 5.41) is 3.10. The summed E-state index contributed by atoms with van der Waals surface area (Å²) in [6.45, 7) is 9.07. The van der Waals surface area contributed by atoms with Crippen molar-refractivity contribution in [3.8, 4) is 0 Å². The molecular formula is C11H23ClN2O2. The number of carbonyl (C=O) groups is 1. The first-order valence-electron chi connectivity index (χ1n) is 5.45. The van der Waals surface area contributed by atoms with Crippen molar-refractivity contribution in [2.45, 2.75) is 26.9 Å². The lowest BCUT2D eigenvalue weighted by Crippen LogP contribution is -2.50. The molecule has 5 heteroatoms. The first-order chi connectivity index (χ1) is 6.88. The van der Waals surface area contributed by atoms with Crippen LogP contribution in [0.3, 0.4) is 0 Å². The standard InChI is InChI=1S/C11H22N2O2.ClH/c1-11(2,3)8-13(4)10(14)7-15-9-5-12-6-9;/h9,12H,5-8H2,1-4H3;1H. The highest BCUT2D eigenvalue weighted by Crippen LogP contribution is 2.14. The van der Waals surface area contributed by atoms with E-state index in [2.05, 4.69) is 26.1 Å². The maximum atomic E-state index is 11.6. The molecule has 0 atom stereocenters. The van der Waals surface area contributed by atoms with Crippen molar-refractivity contribution in [3.05, 3.63) is 0 Å². The molecule has 1 fully saturated rings. The van der Waals surface area contributed by atoms with Gasteiger partial charge in [-0.2, -0.15) is 0 Å². The molecule has 1 aliphatic heterocycles. The number of rotatable bonds is 4. The molecule has 0 spiro atoms. The Labute approximate surface area is 104 Å². The van der Waals surface area contributed by atoms with Gasteiger partial charge in [-0.1, -0.05) is 20.8 Å². The Bertz CT molecular complexity index is 225. The first kappa shape index (κ1) is 15.7. The third kappa shape index (κ3) is 5.68. The molecule has 96 valence electrons. The van der Waals surface area contributed by atoms with Crippen molar-refractivity contribution in [2.75, 3.05) is 33.3 Å². The Morgan fingerprint density at radius 1 is 1.44 bits per heavy atom. The molecule has 0 saturated carbocycles. The molecule has 0 aromatic heterocycles. The van der Waals surface area contributed by atoms with Crippen LogP contribution in [0.1, 0.15) is 20.8 Å². The van der Waals surface area contributed by atoms with E-state index in [1.807, 2.05) is 7.05 Å². The zero-order chi connectivity index (χ0) is 11.5.